The van der Waals surface area contributed by atoms with E-state index in [-0.39, 0.29) is 6.03 Å². The Morgan fingerprint density at radius 1 is 1.15 bits per heavy atom. The number of benzene rings is 1. The zero-order valence-electron chi connectivity index (χ0n) is 15.1. The number of hydrogen-bond donors (Lipinski definition) is 1. The van der Waals surface area contributed by atoms with Crippen LogP contribution in [0.15, 0.2) is 66.3 Å². The lowest BCUT2D eigenvalue weighted by Crippen LogP contribution is -2.52. The number of aromatic nitrogens is 1. The Morgan fingerprint density at radius 2 is 1.96 bits per heavy atom. The van der Waals surface area contributed by atoms with Crippen LogP contribution in [0.3, 0.4) is 0 Å². The summed E-state index contributed by atoms with van der Waals surface area (Å²) in [4.78, 5) is 21.1. The fraction of sp³-hybridized carbons (Fsp3) is 0.238. The third kappa shape index (κ3) is 2.96. The van der Waals surface area contributed by atoms with Crippen molar-refractivity contribution in [3.05, 3.63) is 83.0 Å². The van der Waals surface area contributed by atoms with E-state index in [1.807, 2.05) is 28.0 Å². The molecule has 2 amide bonds. The second kappa shape index (κ2) is 6.67. The number of carbonyl (C=O) groups is 1. The van der Waals surface area contributed by atoms with Crippen LogP contribution in [0, 0.1) is 13.8 Å². The second-order valence-corrected chi connectivity index (χ2v) is 6.78. The maximum atomic E-state index is 13.4. The fourth-order valence-electron chi connectivity index (χ4n) is 3.52. The van der Waals surface area contributed by atoms with Crippen molar-refractivity contribution < 1.29 is 4.79 Å². The molecule has 2 aliphatic heterocycles. The average molecular weight is 346 g/mol. The molecule has 5 nitrogen and oxygen atoms in total. The Kier molecular flexibility index (Phi) is 4.21. The topological polar surface area (TPSA) is 48.5 Å². The van der Waals surface area contributed by atoms with Gasteiger partial charge in [-0.1, -0.05) is 29.8 Å². The molecular formula is C21H22N4O. The van der Waals surface area contributed by atoms with Gasteiger partial charge in [-0.3, -0.25) is 4.98 Å². The first kappa shape index (κ1) is 16.4. The van der Waals surface area contributed by atoms with Crippen LogP contribution in [-0.4, -0.2) is 29.0 Å². The van der Waals surface area contributed by atoms with Crippen molar-refractivity contribution in [2.45, 2.75) is 20.4 Å². The van der Waals surface area contributed by atoms with E-state index in [0.29, 0.717) is 13.1 Å². The first-order valence-electron chi connectivity index (χ1n) is 8.82. The third-order valence-corrected chi connectivity index (χ3v) is 4.77. The van der Waals surface area contributed by atoms with Gasteiger partial charge in [0, 0.05) is 31.1 Å². The summed E-state index contributed by atoms with van der Waals surface area (Å²) >= 11 is 0. The minimum absolute atomic E-state index is 0.00434. The average Bonchev–Trinajstić information content (AvgIpc) is 2.64. The summed E-state index contributed by atoms with van der Waals surface area (Å²) in [6.07, 6.45) is 7.74. The highest BCUT2D eigenvalue weighted by atomic mass is 16.2. The quantitative estimate of drug-likeness (QED) is 0.925. The van der Waals surface area contributed by atoms with Crippen molar-refractivity contribution in [1.82, 2.24) is 15.2 Å². The summed E-state index contributed by atoms with van der Waals surface area (Å²) in [7, 11) is 0. The van der Waals surface area contributed by atoms with Crippen LogP contribution >= 0.6 is 0 Å². The van der Waals surface area contributed by atoms with Crippen molar-refractivity contribution in [3.63, 3.8) is 0 Å². The van der Waals surface area contributed by atoms with Gasteiger partial charge in [0.1, 0.15) is 5.82 Å². The Balaban J connectivity index is 1.75. The SMILES string of the molecule is Cc1ccc(N2C(=O)N(Cc3ccncc3)CC3=C2NCC=C3)c(C)c1. The maximum absolute atomic E-state index is 13.4. The van der Waals surface area contributed by atoms with Gasteiger partial charge in [-0.2, -0.15) is 0 Å². The highest BCUT2D eigenvalue weighted by Crippen LogP contribution is 2.31. The minimum Gasteiger partial charge on any atom is -0.367 e. The number of urea groups is 1. The van der Waals surface area contributed by atoms with Gasteiger partial charge in [0.15, 0.2) is 0 Å². The van der Waals surface area contributed by atoms with Crippen molar-refractivity contribution >= 4 is 11.7 Å². The smallest absolute Gasteiger partial charge is 0.330 e. The van der Waals surface area contributed by atoms with E-state index in [1.54, 1.807) is 12.4 Å². The van der Waals surface area contributed by atoms with Gasteiger partial charge in [0.05, 0.1) is 12.2 Å². The molecule has 0 spiro atoms. The fourth-order valence-corrected chi connectivity index (χ4v) is 3.52. The normalized spacial score (nSPS) is 16.6. The van der Waals surface area contributed by atoms with Gasteiger partial charge in [-0.15, -0.1) is 0 Å². The lowest BCUT2D eigenvalue weighted by atomic mass is 10.1. The number of aryl methyl sites for hydroxylation is 2. The molecule has 0 atom stereocenters. The largest absolute Gasteiger partial charge is 0.367 e. The van der Waals surface area contributed by atoms with Crippen molar-refractivity contribution in [2.75, 3.05) is 18.0 Å². The summed E-state index contributed by atoms with van der Waals surface area (Å²) in [5.41, 5.74) is 5.41. The lowest BCUT2D eigenvalue weighted by molar-refractivity contribution is 0.204. The molecule has 2 aromatic rings. The molecule has 0 fully saturated rings. The molecule has 3 heterocycles. The summed E-state index contributed by atoms with van der Waals surface area (Å²) < 4.78 is 0. The van der Waals surface area contributed by atoms with Crippen LogP contribution in [0.1, 0.15) is 16.7 Å². The van der Waals surface area contributed by atoms with Gasteiger partial charge in [-0.05, 0) is 43.2 Å². The van der Waals surface area contributed by atoms with Crippen molar-refractivity contribution in [3.8, 4) is 0 Å². The molecule has 4 rings (SSSR count). The lowest BCUT2D eigenvalue weighted by Gasteiger charge is -2.40. The summed E-state index contributed by atoms with van der Waals surface area (Å²) in [5.74, 6) is 0.899. The van der Waals surface area contributed by atoms with Crippen LogP contribution in [0.25, 0.3) is 0 Å². The molecule has 0 saturated heterocycles. The van der Waals surface area contributed by atoms with Crippen molar-refractivity contribution in [1.29, 1.82) is 0 Å². The molecule has 26 heavy (non-hydrogen) atoms. The van der Waals surface area contributed by atoms with Gasteiger partial charge < -0.3 is 10.2 Å². The van der Waals surface area contributed by atoms with Crippen LogP contribution < -0.4 is 10.2 Å². The number of amides is 2. The van der Waals surface area contributed by atoms with Crippen LogP contribution in [0.4, 0.5) is 10.5 Å². The minimum atomic E-state index is -0.00434. The maximum Gasteiger partial charge on any atom is 0.330 e. The van der Waals surface area contributed by atoms with Crippen LogP contribution in [0.2, 0.25) is 0 Å². The van der Waals surface area contributed by atoms with E-state index in [2.05, 4.69) is 48.4 Å². The van der Waals surface area contributed by atoms with Gasteiger partial charge >= 0.3 is 6.03 Å². The summed E-state index contributed by atoms with van der Waals surface area (Å²) in [6, 6.07) is 10.1. The van der Waals surface area contributed by atoms with Crippen LogP contribution in [-0.2, 0) is 6.54 Å². The van der Waals surface area contributed by atoms with E-state index < -0.39 is 0 Å². The Bertz CT molecular complexity index is 901. The van der Waals surface area contributed by atoms with E-state index in [1.165, 1.54) is 5.56 Å². The van der Waals surface area contributed by atoms with E-state index >= 15 is 0 Å². The van der Waals surface area contributed by atoms with Crippen LogP contribution in [0.5, 0.6) is 0 Å². The monoisotopic (exact) mass is 346 g/mol. The number of nitrogens with one attached hydrogen (secondary N) is 1. The number of carbonyl (C=O) groups excluding carboxylic acids is 1. The predicted octanol–water partition coefficient (Wildman–Crippen LogP) is 3.51. The highest BCUT2D eigenvalue weighted by Gasteiger charge is 2.34. The van der Waals surface area contributed by atoms with Gasteiger partial charge in [0.25, 0.3) is 0 Å². The number of anilines is 1. The van der Waals surface area contributed by atoms with Gasteiger partial charge in [-0.25, -0.2) is 9.69 Å². The summed E-state index contributed by atoms with van der Waals surface area (Å²) in [5, 5.41) is 3.39. The molecule has 2 aliphatic rings. The molecule has 132 valence electrons. The number of nitrogens with zero attached hydrogens (tertiary/aromatic N) is 3. The Labute approximate surface area is 153 Å². The molecular weight excluding hydrogens is 324 g/mol. The third-order valence-electron chi connectivity index (χ3n) is 4.77. The molecule has 0 saturated carbocycles. The standard InChI is InChI=1S/C21H22N4O/c1-15-5-6-19(16(2)12-15)25-20-18(4-3-9-23-20)14-24(21(25)26)13-17-7-10-22-11-8-17/h3-8,10-12,23H,9,13-14H2,1-2H3. The Morgan fingerprint density at radius 3 is 2.73 bits per heavy atom. The van der Waals surface area contributed by atoms with Crippen molar-refractivity contribution in [2.24, 2.45) is 0 Å². The number of pyridine rings is 1. The Hall–Kier alpha value is -3.08. The molecule has 0 aliphatic carbocycles. The molecule has 1 N–H and O–H groups in total. The zero-order chi connectivity index (χ0) is 18.1. The van der Waals surface area contributed by atoms with Gasteiger partial charge in [0.2, 0.25) is 0 Å². The highest BCUT2D eigenvalue weighted by molar-refractivity contribution is 5.97. The molecule has 1 aromatic carbocycles. The first-order chi connectivity index (χ1) is 12.6. The van der Waals surface area contributed by atoms with E-state index in [4.69, 9.17) is 0 Å². The predicted molar refractivity (Wildman–Crippen MR) is 103 cm³/mol. The molecule has 0 radical (unpaired) electrons. The summed E-state index contributed by atoms with van der Waals surface area (Å²) in [6.45, 7) is 6.01. The molecule has 0 bridgehead atoms. The van der Waals surface area contributed by atoms with E-state index in [9.17, 15) is 4.79 Å². The number of rotatable bonds is 3. The first-order valence-corrected chi connectivity index (χ1v) is 8.82. The molecule has 1 aromatic heterocycles. The zero-order valence-corrected chi connectivity index (χ0v) is 15.1. The molecule has 5 heteroatoms. The second-order valence-electron chi connectivity index (χ2n) is 6.78. The van der Waals surface area contributed by atoms with E-state index in [0.717, 1.165) is 34.8 Å². The number of hydrogen-bond acceptors (Lipinski definition) is 3. The number of dihydropyridines is 1. The molecule has 0 unspecified atom stereocenters.